The van der Waals surface area contributed by atoms with Crippen LogP contribution in [0.5, 0.6) is 0 Å². The minimum absolute atomic E-state index is 0.00694. The van der Waals surface area contributed by atoms with E-state index in [9.17, 15) is 5.11 Å². The van der Waals surface area contributed by atoms with Crippen LogP contribution in [0, 0.1) is 5.92 Å². The highest BCUT2D eigenvalue weighted by atomic mass is 16.3. The van der Waals surface area contributed by atoms with Crippen LogP contribution in [-0.4, -0.2) is 35.7 Å². The Morgan fingerprint density at radius 3 is 2.89 bits per heavy atom. The summed E-state index contributed by atoms with van der Waals surface area (Å²) >= 11 is 0. The molecule has 2 heteroatoms. The molecule has 2 unspecified atom stereocenters. The summed E-state index contributed by atoms with van der Waals surface area (Å²) in [7, 11) is 0. The van der Waals surface area contributed by atoms with Crippen LogP contribution in [0.3, 0.4) is 0 Å². The number of rotatable bonds is 0. The average Bonchev–Trinajstić information content (AvgIpc) is 2.09. The number of piperidine rings is 1. The molecule has 0 saturated carbocycles. The van der Waals surface area contributed by atoms with Crippen LogP contribution in [0.1, 0.15) is 12.8 Å². The number of fused-ring (bicyclic) bond motifs is 2. The molecule has 2 aliphatic rings. The molecule has 1 N–H and O–H groups in total. The minimum atomic E-state index is -0.00694. The van der Waals surface area contributed by atoms with Crippen molar-refractivity contribution in [1.82, 2.24) is 4.90 Å². The predicted octanol–water partition coefficient (Wildman–Crippen LogP) is 0.0729. The van der Waals surface area contributed by atoms with Crippen LogP contribution in [-0.2, 0) is 0 Å². The molecular weight excluding hydrogens is 114 g/mol. The lowest BCUT2D eigenvalue weighted by Crippen LogP contribution is -2.25. The first kappa shape index (κ1) is 5.69. The molecule has 0 amide bonds. The molecular formula is C7H13NO. The van der Waals surface area contributed by atoms with Gasteiger partial charge in [-0.1, -0.05) is 0 Å². The first-order valence-electron chi connectivity index (χ1n) is 3.76. The topological polar surface area (TPSA) is 23.5 Å². The molecule has 2 fully saturated rings. The van der Waals surface area contributed by atoms with E-state index >= 15 is 0 Å². The predicted molar refractivity (Wildman–Crippen MR) is 35.2 cm³/mol. The minimum Gasteiger partial charge on any atom is -0.391 e. The Hall–Kier alpha value is -0.0800. The third kappa shape index (κ3) is 0.864. The van der Waals surface area contributed by atoms with E-state index in [4.69, 9.17) is 0 Å². The molecule has 2 heterocycles. The molecule has 2 saturated heterocycles. The van der Waals surface area contributed by atoms with E-state index < -0.39 is 0 Å². The second kappa shape index (κ2) is 1.96. The summed E-state index contributed by atoms with van der Waals surface area (Å²) in [5.74, 6) is 0.610. The van der Waals surface area contributed by atoms with Crippen molar-refractivity contribution in [1.29, 1.82) is 0 Å². The quantitative estimate of drug-likeness (QED) is 0.498. The average molecular weight is 127 g/mol. The maximum atomic E-state index is 9.36. The van der Waals surface area contributed by atoms with Gasteiger partial charge in [0.05, 0.1) is 6.10 Å². The van der Waals surface area contributed by atoms with E-state index in [1.807, 2.05) is 0 Å². The van der Waals surface area contributed by atoms with Crippen molar-refractivity contribution in [2.45, 2.75) is 18.9 Å². The first-order valence-corrected chi connectivity index (χ1v) is 3.76. The zero-order valence-corrected chi connectivity index (χ0v) is 5.58. The van der Waals surface area contributed by atoms with Crippen molar-refractivity contribution in [2.24, 2.45) is 5.92 Å². The second-order valence-corrected chi connectivity index (χ2v) is 3.23. The summed E-state index contributed by atoms with van der Waals surface area (Å²) in [4.78, 5) is 2.36. The van der Waals surface area contributed by atoms with E-state index in [0.29, 0.717) is 5.92 Å². The lowest BCUT2D eigenvalue weighted by molar-refractivity contribution is 0.144. The molecule has 9 heavy (non-hydrogen) atoms. The highest BCUT2D eigenvalue weighted by Crippen LogP contribution is 2.26. The van der Waals surface area contributed by atoms with E-state index in [2.05, 4.69) is 4.90 Å². The summed E-state index contributed by atoms with van der Waals surface area (Å²) in [5, 5.41) is 9.36. The Labute approximate surface area is 55.5 Å². The van der Waals surface area contributed by atoms with E-state index in [1.165, 1.54) is 19.4 Å². The first-order chi connectivity index (χ1) is 4.36. The van der Waals surface area contributed by atoms with Crippen molar-refractivity contribution >= 4 is 0 Å². The Morgan fingerprint density at radius 2 is 2.22 bits per heavy atom. The van der Waals surface area contributed by atoms with E-state index in [0.717, 1.165) is 13.1 Å². The molecule has 0 spiro atoms. The van der Waals surface area contributed by atoms with Crippen molar-refractivity contribution < 1.29 is 5.11 Å². The van der Waals surface area contributed by atoms with Crippen LogP contribution in [0.25, 0.3) is 0 Å². The molecule has 0 aromatic rings. The number of nitrogens with zero attached hydrogens (tertiary/aromatic N) is 1. The van der Waals surface area contributed by atoms with Gasteiger partial charge in [0.1, 0.15) is 0 Å². The van der Waals surface area contributed by atoms with Gasteiger partial charge in [-0.05, 0) is 25.3 Å². The summed E-state index contributed by atoms with van der Waals surface area (Å²) < 4.78 is 0. The third-order valence-electron chi connectivity index (χ3n) is 2.53. The molecule has 0 aromatic heterocycles. The van der Waals surface area contributed by atoms with Crippen LogP contribution in [0.15, 0.2) is 0 Å². The van der Waals surface area contributed by atoms with Gasteiger partial charge in [-0.25, -0.2) is 0 Å². The second-order valence-electron chi connectivity index (χ2n) is 3.23. The SMILES string of the molecule is O[C@@H]1CN2CCCC1C2. The smallest absolute Gasteiger partial charge is 0.0707 e. The van der Waals surface area contributed by atoms with Gasteiger partial charge < -0.3 is 10.0 Å². The molecule has 0 radical (unpaired) electrons. The van der Waals surface area contributed by atoms with Gasteiger partial charge >= 0.3 is 0 Å². The Morgan fingerprint density at radius 1 is 1.33 bits per heavy atom. The van der Waals surface area contributed by atoms with Crippen molar-refractivity contribution in [2.75, 3.05) is 19.6 Å². The summed E-state index contributed by atoms with van der Waals surface area (Å²) in [5.41, 5.74) is 0. The van der Waals surface area contributed by atoms with Gasteiger partial charge in [-0.3, -0.25) is 0 Å². The number of hydrogen-bond acceptors (Lipinski definition) is 2. The van der Waals surface area contributed by atoms with Gasteiger partial charge in [0.2, 0.25) is 0 Å². The van der Waals surface area contributed by atoms with Gasteiger partial charge in [0, 0.05) is 13.1 Å². The lowest BCUT2D eigenvalue weighted by Gasteiger charge is -2.20. The van der Waals surface area contributed by atoms with Crippen LogP contribution >= 0.6 is 0 Å². The fourth-order valence-electron chi connectivity index (χ4n) is 1.98. The lowest BCUT2D eigenvalue weighted by atomic mass is 9.99. The molecule has 2 bridgehead atoms. The summed E-state index contributed by atoms with van der Waals surface area (Å²) in [6, 6.07) is 0. The highest BCUT2D eigenvalue weighted by molar-refractivity contribution is 4.87. The van der Waals surface area contributed by atoms with E-state index in [-0.39, 0.29) is 6.10 Å². The maximum Gasteiger partial charge on any atom is 0.0707 e. The monoisotopic (exact) mass is 127 g/mol. The molecule has 2 nitrogen and oxygen atoms in total. The zero-order valence-electron chi connectivity index (χ0n) is 5.58. The molecule has 0 aromatic carbocycles. The number of hydrogen-bond donors (Lipinski definition) is 1. The van der Waals surface area contributed by atoms with Gasteiger partial charge in [-0.2, -0.15) is 0 Å². The van der Waals surface area contributed by atoms with Gasteiger partial charge in [0.15, 0.2) is 0 Å². The Balaban J connectivity index is 2.07. The van der Waals surface area contributed by atoms with Crippen molar-refractivity contribution in [3.05, 3.63) is 0 Å². The Bertz CT molecular complexity index is 113. The molecule has 2 rings (SSSR count). The van der Waals surface area contributed by atoms with E-state index in [1.54, 1.807) is 0 Å². The van der Waals surface area contributed by atoms with Crippen molar-refractivity contribution in [3.8, 4) is 0 Å². The highest BCUT2D eigenvalue weighted by Gasteiger charge is 2.33. The summed E-state index contributed by atoms with van der Waals surface area (Å²) in [6.45, 7) is 3.30. The molecule has 3 atom stereocenters. The standard InChI is InChI=1S/C7H13NO/c9-7-5-8-3-1-2-6(7)4-8/h6-7,9H,1-5H2/t6?,7-/m1/s1. The van der Waals surface area contributed by atoms with Gasteiger partial charge in [-0.15, -0.1) is 0 Å². The third-order valence-corrected chi connectivity index (χ3v) is 2.53. The summed E-state index contributed by atoms with van der Waals surface area (Å²) in [6.07, 6.45) is 2.53. The fraction of sp³-hybridized carbons (Fsp3) is 1.00. The zero-order chi connectivity index (χ0) is 6.27. The fourth-order valence-corrected chi connectivity index (χ4v) is 1.98. The maximum absolute atomic E-state index is 9.36. The Kier molecular flexibility index (Phi) is 1.24. The van der Waals surface area contributed by atoms with Crippen LogP contribution in [0.2, 0.25) is 0 Å². The normalized spacial score (nSPS) is 49.7. The molecule has 2 aliphatic heterocycles. The number of aliphatic hydroxyl groups excluding tert-OH is 1. The van der Waals surface area contributed by atoms with Gasteiger partial charge in [0.25, 0.3) is 0 Å². The van der Waals surface area contributed by atoms with Crippen molar-refractivity contribution in [3.63, 3.8) is 0 Å². The van der Waals surface area contributed by atoms with Crippen LogP contribution in [0.4, 0.5) is 0 Å². The molecule has 52 valence electrons. The molecule has 0 aliphatic carbocycles. The number of aliphatic hydroxyl groups is 1. The van der Waals surface area contributed by atoms with Crippen LogP contribution < -0.4 is 0 Å². The largest absolute Gasteiger partial charge is 0.391 e.